The Morgan fingerprint density at radius 1 is 1.29 bits per heavy atom. The van der Waals surface area contributed by atoms with Crippen molar-refractivity contribution in [3.05, 3.63) is 63.0 Å². The van der Waals surface area contributed by atoms with Crippen LogP contribution in [0.25, 0.3) is 10.9 Å². The number of aryl methyl sites for hydroxylation is 1. The van der Waals surface area contributed by atoms with Crippen LogP contribution in [-0.4, -0.2) is 9.78 Å². The first-order chi connectivity index (χ1) is 10.0. The average Bonchev–Trinajstić information content (AvgIpc) is 2.82. The van der Waals surface area contributed by atoms with Gasteiger partial charge in [-0.25, -0.2) is 4.39 Å². The van der Waals surface area contributed by atoms with E-state index in [2.05, 4.69) is 21.0 Å². The predicted molar refractivity (Wildman–Crippen MR) is 85.9 cm³/mol. The second-order valence-corrected chi connectivity index (χ2v) is 6.00. The van der Waals surface area contributed by atoms with Crippen LogP contribution in [0.1, 0.15) is 17.3 Å². The molecule has 108 valence electrons. The molecule has 0 spiro atoms. The lowest BCUT2D eigenvalue weighted by molar-refractivity contribution is 0.594. The summed E-state index contributed by atoms with van der Waals surface area (Å²) in [6, 6.07) is 10.3. The molecule has 3 aromatic rings. The van der Waals surface area contributed by atoms with Gasteiger partial charge in [0.05, 0.1) is 22.3 Å². The molecule has 0 bridgehead atoms. The number of nitrogens with two attached hydrogens (primary N) is 1. The Morgan fingerprint density at radius 3 is 2.76 bits per heavy atom. The van der Waals surface area contributed by atoms with E-state index >= 15 is 0 Å². The smallest absolute Gasteiger partial charge is 0.148 e. The molecule has 2 aromatic carbocycles. The highest BCUT2D eigenvalue weighted by Gasteiger charge is 2.22. The summed E-state index contributed by atoms with van der Waals surface area (Å²) in [7, 11) is 1.84. The van der Waals surface area contributed by atoms with Crippen molar-refractivity contribution in [3.63, 3.8) is 0 Å². The third-order valence-corrected chi connectivity index (χ3v) is 4.74. The third kappa shape index (κ3) is 2.35. The molecule has 0 radical (unpaired) electrons. The molecule has 1 heterocycles. The lowest BCUT2D eigenvalue weighted by Crippen LogP contribution is -2.15. The standard InChI is InChI=1S/C15H12BrClFN3/c1-21-11-5-3-2-4-8(11)15(20-21)14(19)9-6-7-10(16)12(17)13(9)18/h2-7,14H,19H2,1H3. The third-order valence-electron chi connectivity index (χ3n) is 3.48. The van der Waals surface area contributed by atoms with Crippen LogP contribution in [0.15, 0.2) is 40.9 Å². The number of hydrogen-bond acceptors (Lipinski definition) is 2. The molecule has 0 amide bonds. The minimum atomic E-state index is -0.679. The van der Waals surface area contributed by atoms with Crippen molar-refractivity contribution in [2.24, 2.45) is 12.8 Å². The number of aromatic nitrogens is 2. The molecular weight excluding hydrogens is 357 g/mol. The van der Waals surface area contributed by atoms with E-state index in [-0.39, 0.29) is 5.02 Å². The predicted octanol–water partition coefficient (Wildman–Crippen LogP) is 4.18. The Labute approximate surface area is 134 Å². The van der Waals surface area contributed by atoms with Crippen molar-refractivity contribution in [3.8, 4) is 0 Å². The van der Waals surface area contributed by atoms with Gasteiger partial charge in [-0.05, 0) is 28.1 Å². The zero-order valence-electron chi connectivity index (χ0n) is 11.1. The summed E-state index contributed by atoms with van der Waals surface area (Å²) in [5.41, 5.74) is 8.13. The van der Waals surface area contributed by atoms with Crippen molar-refractivity contribution in [2.75, 3.05) is 0 Å². The molecule has 0 saturated carbocycles. The minimum Gasteiger partial charge on any atom is -0.319 e. The molecule has 0 aliphatic rings. The fraction of sp³-hybridized carbons (Fsp3) is 0.133. The van der Waals surface area contributed by atoms with E-state index in [4.69, 9.17) is 17.3 Å². The van der Waals surface area contributed by atoms with Gasteiger partial charge < -0.3 is 5.73 Å². The van der Waals surface area contributed by atoms with Gasteiger partial charge in [-0.3, -0.25) is 4.68 Å². The topological polar surface area (TPSA) is 43.8 Å². The molecule has 3 rings (SSSR count). The van der Waals surface area contributed by atoms with Gasteiger partial charge in [0.2, 0.25) is 0 Å². The molecule has 0 fully saturated rings. The highest BCUT2D eigenvalue weighted by molar-refractivity contribution is 9.10. The van der Waals surface area contributed by atoms with Gasteiger partial charge in [-0.2, -0.15) is 5.10 Å². The minimum absolute atomic E-state index is 0.0307. The number of halogens is 3. The monoisotopic (exact) mass is 367 g/mol. The lowest BCUT2D eigenvalue weighted by atomic mass is 10.0. The molecule has 0 aliphatic carbocycles. The van der Waals surface area contributed by atoms with E-state index < -0.39 is 11.9 Å². The van der Waals surface area contributed by atoms with Crippen LogP contribution in [0.5, 0.6) is 0 Å². The van der Waals surface area contributed by atoms with Crippen molar-refractivity contribution in [2.45, 2.75) is 6.04 Å². The average molecular weight is 369 g/mol. The molecule has 21 heavy (non-hydrogen) atoms. The molecule has 6 heteroatoms. The highest BCUT2D eigenvalue weighted by atomic mass is 79.9. The van der Waals surface area contributed by atoms with E-state index in [0.717, 1.165) is 10.9 Å². The molecule has 3 nitrogen and oxygen atoms in total. The second kappa shape index (κ2) is 5.40. The maximum absolute atomic E-state index is 14.3. The summed E-state index contributed by atoms with van der Waals surface area (Å²) in [4.78, 5) is 0. The number of benzene rings is 2. The van der Waals surface area contributed by atoms with E-state index in [0.29, 0.717) is 15.7 Å². The fourth-order valence-corrected chi connectivity index (χ4v) is 2.88. The van der Waals surface area contributed by atoms with Gasteiger partial charge in [0.25, 0.3) is 0 Å². The molecule has 1 aromatic heterocycles. The Bertz CT molecular complexity index is 831. The second-order valence-electron chi connectivity index (χ2n) is 4.77. The molecule has 2 N–H and O–H groups in total. The maximum Gasteiger partial charge on any atom is 0.148 e. The van der Waals surface area contributed by atoms with Crippen molar-refractivity contribution in [1.82, 2.24) is 9.78 Å². The summed E-state index contributed by atoms with van der Waals surface area (Å²) >= 11 is 9.13. The van der Waals surface area contributed by atoms with Crippen molar-refractivity contribution < 1.29 is 4.39 Å². The summed E-state index contributed by atoms with van der Waals surface area (Å²) in [6.07, 6.45) is 0. The van der Waals surface area contributed by atoms with Gasteiger partial charge in [0, 0.05) is 22.5 Å². The molecule has 0 aliphatic heterocycles. The van der Waals surface area contributed by atoms with Crippen LogP contribution in [0, 0.1) is 5.82 Å². The lowest BCUT2D eigenvalue weighted by Gasteiger charge is -2.12. The van der Waals surface area contributed by atoms with E-state index in [9.17, 15) is 4.39 Å². The Kier molecular flexibility index (Phi) is 3.73. The van der Waals surface area contributed by atoms with E-state index in [1.54, 1.807) is 16.8 Å². The molecule has 1 atom stereocenters. The Hall–Kier alpha value is -1.43. The van der Waals surface area contributed by atoms with Crippen LogP contribution < -0.4 is 5.73 Å². The zero-order chi connectivity index (χ0) is 15.1. The number of hydrogen-bond donors (Lipinski definition) is 1. The quantitative estimate of drug-likeness (QED) is 0.690. The van der Waals surface area contributed by atoms with Gasteiger partial charge in [0.1, 0.15) is 5.82 Å². The van der Waals surface area contributed by atoms with Crippen LogP contribution in [0.3, 0.4) is 0 Å². The van der Waals surface area contributed by atoms with Crippen molar-refractivity contribution >= 4 is 38.4 Å². The van der Waals surface area contributed by atoms with Crippen molar-refractivity contribution in [1.29, 1.82) is 0 Å². The molecule has 1 unspecified atom stereocenters. The largest absolute Gasteiger partial charge is 0.319 e. The number of nitrogens with zero attached hydrogens (tertiary/aromatic N) is 2. The summed E-state index contributed by atoms with van der Waals surface area (Å²) in [6.45, 7) is 0. The first-order valence-electron chi connectivity index (χ1n) is 6.31. The Balaban J connectivity index is 2.17. The summed E-state index contributed by atoms with van der Waals surface area (Å²) in [5.74, 6) is -0.520. The number of rotatable bonds is 2. The van der Waals surface area contributed by atoms with Gasteiger partial charge in [0.15, 0.2) is 0 Å². The summed E-state index contributed by atoms with van der Waals surface area (Å²) < 4.78 is 16.6. The van der Waals surface area contributed by atoms with Crippen LogP contribution in [0.2, 0.25) is 5.02 Å². The van der Waals surface area contributed by atoms with E-state index in [1.165, 1.54) is 0 Å². The normalized spacial score (nSPS) is 12.8. The zero-order valence-corrected chi connectivity index (χ0v) is 13.5. The maximum atomic E-state index is 14.3. The molecule has 0 saturated heterocycles. The van der Waals surface area contributed by atoms with Gasteiger partial charge in [-0.1, -0.05) is 35.9 Å². The van der Waals surface area contributed by atoms with Crippen LogP contribution >= 0.6 is 27.5 Å². The SMILES string of the molecule is Cn1nc(C(N)c2ccc(Br)c(Cl)c2F)c2ccccc21. The Morgan fingerprint density at radius 2 is 2.00 bits per heavy atom. The van der Waals surface area contributed by atoms with Crippen LogP contribution in [-0.2, 0) is 7.05 Å². The first-order valence-corrected chi connectivity index (χ1v) is 7.48. The number of fused-ring (bicyclic) bond motifs is 1. The van der Waals surface area contributed by atoms with E-state index in [1.807, 2.05) is 31.3 Å². The van der Waals surface area contributed by atoms with Gasteiger partial charge in [-0.15, -0.1) is 0 Å². The van der Waals surface area contributed by atoms with Crippen LogP contribution in [0.4, 0.5) is 4.39 Å². The molecular formula is C15H12BrClFN3. The number of para-hydroxylation sites is 1. The fourth-order valence-electron chi connectivity index (χ4n) is 2.40. The summed E-state index contributed by atoms with van der Waals surface area (Å²) in [5, 5.41) is 5.37. The highest BCUT2D eigenvalue weighted by Crippen LogP contribution is 2.33. The first kappa shape index (κ1) is 14.5. The van der Waals surface area contributed by atoms with Gasteiger partial charge >= 0.3 is 0 Å².